The summed E-state index contributed by atoms with van der Waals surface area (Å²) >= 11 is 0.727. The number of nitrogens with one attached hydrogen (secondary N) is 1. The van der Waals surface area contributed by atoms with E-state index < -0.39 is 47.9 Å². The van der Waals surface area contributed by atoms with Gasteiger partial charge in [-0.3, -0.25) is 24.3 Å². The molecule has 0 spiro atoms. The molecule has 9 nitrogen and oxygen atoms in total. The number of ether oxygens (including phenoxy) is 1. The van der Waals surface area contributed by atoms with Crippen molar-refractivity contribution in [2.75, 3.05) is 0 Å². The average Bonchev–Trinajstić information content (AvgIpc) is 3.23. The number of aromatic amines is 1. The van der Waals surface area contributed by atoms with Crippen molar-refractivity contribution in [3.63, 3.8) is 0 Å². The number of benzene rings is 1. The van der Waals surface area contributed by atoms with E-state index in [9.17, 15) is 36.6 Å². The summed E-state index contributed by atoms with van der Waals surface area (Å²) in [5, 5.41) is 9.38. The molecule has 0 saturated carbocycles. The van der Waals surface area contributed by atoms with Crippen LogP contribution in [-0.2, 0) is 6.54 Å². The summed E-state index contributed by atoms with van der Waals surface area (Å²) in [4.78, 5) is 38.3. The smallest absolute Gasteiger partial charge is 0.416 e. The molecule has 2 N–H and O–H groups in total. The van der Waals surface area contributed by atoms with Crippen molar-refractivity contribution in [2.45, 2.75) is 32.2 Å². The number of H-pyrrole nitrogens is 1. The van der Waals surface area contributed by atoms with E-state index in [4.69, 9.17) is 4.74 Å². The lowest BCUT2D eigenvalue weighted by Crippen LogP contribution is -2.38. The molecule has 4 rings (SSSR count). The van der Waals surface area contributed by atoms with Crippen molar-refractivity contribution in [1.82, 2.24) is 14.5 Å². The van der Waals surface area contributed by atoms with Gasteiger partial charge in [-0.15, -0.1) is 11.3 Å². The molecule has 0 bridgehead atoms. The molecule has 204 valence electrons. The summed E-state index contributed by atoms with van der Waals surface area (Å²) < 4.78 is 73.0. The Balaban J connectivity index is 1.81. The number of aliphatic hydroxyl groups is 1. The minimum absolute atomic E-state index is 0.103. The molecule has 0 aliphatic carbocycles. The van der Waals surface area contributed by atoms with Crippen LogP contribution in [-0.4, -0.2) is 45.4 Å². The van der Waals surface area contributed by atoms with Crippen LogP contribution >= 0.6 is 11.3 Å². The van der Waals surface area contributed by atoms with E-state index in [0.29, 0.717) is 15.9 Å². The van der Waals surface area contributed by atoms with Gasteiger partial charge in [0.1, 0.15) is 10.6 Å². The number of rotatable bonds is 8. The molecule has 15 heteroatoms. The highest BCUT2D eigenvalue weighted by atomic mass is 32.1. The zero-order valence-electron chi connectivity index (χ0n) is 19.9. The third kappa shape index (κ3) is 5.35. The highest BCUT2D eigenvalue weighted by Gasteiger charge is 2.39. The number of aryl methyl sites for hydroxylation is 1. The topological polar surface area (TPSA) is 122 Å². The molecule has 1 atom stereocenters. The van der Waals surface area contributed by atoms with Crippen LogP contribution in [0.15, 0.2) is 50.0 Å². The van der Waals surface area contributed by atoms with Crippen molar-refractivity contribution in [2.24, 2.45) is 9.98 Å². The van der Waals surface area contributed by atoms with Gasteiger partial charge in [0.25, 0.3) is 12.0 Å². The Morgan fingerprint density at radius 1 is 1.18 bits per heavy atom. The van der Waals surface area contributed by atoms with Gasteiger partial charge >= 0.3 is 11.9 Å². The van der Waals surface area contributed by atoms with Gasteiger partial charge in [0, 0.05) is 22.7 Å². The fourth-order valence-electron chi connectivity index (χ4n) is 3.77. The number of aliphatic imine (C=N–C) groups is 2. The minimum Gasteiger partial charge on any atom is -0.438 e. The molecule has 0 unspecified atom stereocenters. The maximum atomic E-state index is 14.0. The molecule has 0 aliphatic heterocycles. The molecule has 3 aromatic heterocycles. The molecule has 39 heavy (non-hydrogen) atoms. The molecule has 3 heterocycles. The van der Waals surface area contributed by atoms with Crippen molar-refractivity contribution in [1.29, 1.82) is 0 Å². The van der Waals surface area contributed by atoms with E-state index in [1.807, 2.05) is 4.98 Å². The average molecular weight is 567 g/mol. The number of fused-ring (bicyclic) bond motifs is 1. The number of hydrogen-bond acceptors (Lipinski definition) is 8. The van der Waals surface area contributed by atoms with E-state index in [1.54, 1.807) is 0 Å². The van der Waals surface area contributed by atoms with Crippen LogP contribution in [0.5, 0.6) is 11.6 Å². The van der Waals surface area contributed by atoms with Gasteiger partial charge < -0.3 is 9.84 Å². The van der Waals surface area contributed by atoms with Crippen LogP contribution < -0.4 is 16.0 Å². The van der Waals surface area contributed by atoms with Gasteiger partial charge in [0.2, 0.25) is 5.88 Å². The van der Waals surface area contributed by atoms with E-state index in [-0.39, 0.29) is 32.0 Å². The van der Waals surface area contributed by atoms with Gasteiger partial charge in [-0.2, -0.15) is 13.2 Å². The predicted molar refractivity (Wildman–Crippen MR) is 137 cm³/mol. The molecule has 0 saturated heterocycles. The van der Waals surface area contributed by atoms with Crippen LogP contribution in [0.3, 0.4) is 0 Å². The zero-order valence-corrected chi connectivity index (χ0v) is 20.7. The Kier molecular flexibility index (Phi) is 7.48. The molecule has 1 aromatic carbocycles. The highest BCUT2D eigenvalue weighted by Crippen LogP contribution is 2.41. The predicted octanol–water partition coefficient (Wildman–Crippen LogP) is 5.44. The number of nitrogens with zero attached hydrogens (tertiary/aromatic N) is 4. The van der Waals surface area contributed by atoms with Gasteiger partial charge in [0.15, 0.2) is 6.10 Å². The summed E-state index contributed by atoms with van der Waals surface area (Å²) in [6, 6.07) is 5.41. The Morgan fingerprint density at radius 2 is 1.87 bits per heavy atom. The molecule has 0 aliphatic rings. The lowest BCUT2D eigenvalue weighted by atomic mass is 10.1. The monoisotopic (exact) mass is 567 g/mol. The Morgan fingerprint density at radius 3 is 2.49 bits per heavy atom. The molecule has 4 aromatic rings. The molecule has 0 amide bonds. The number of alkyl halides is 5. The first-order chi connectivity index (χ1) is 18.3. The first kappa shape index (κ1) is 27.8. The van der Waals surface area contributed by atoms with E-state index in [2.05, 4.69) is 28.4 Å². The number of aromatic nitrogens is 3. The van der Waals surface area contributed by atoms with Gasteiger partial charge in [0.05, 0.1) is 28.9 Å². The number of pyridine rings is 1. The summed E-state index contributed by atoms with van der Waals surface area (Å²) in [7, 11) is 0. The van der Waals surface area contributed by atoms with Crippen molar-refractivity contribution >= 4 is 46.4 Å². The lowest BCUT2D eigenvalue weighted by molar-refractivity contribution is -0.207. The molecule has 0 fully saturated rings. The van der Waals surface area contributed by atoms with E-state index in [1.165, 1.54) is 31.3 Å². The first-order valence-corrected chi connectivity index (χ1v) is 11.7. The Hall–Kier alpha value is -4.24. The second-order valence-corrected chi connectivity index (χ2v) is 9.15. The SMILES string of the molecule is C=Nc1ccc(Oc2ncc(-c3sc4c(c3C)c(=O)[nH]c(=O)n4C[C@@H](O)C(F)(F)F)cc2C(F)F)cc1N=C. The van der Waals surface area contributed by atoms with Gasteiger partial charge in [-0.05, 0) is 44.1 Å². The second-order valence-electron chi connectivity index (χ2n) is 8.15. The normalized spacial score (nSPS) is 12.6. The maximum Gasteiger partial charge on any atom is 0.416 e. The number of thiophene rings is 1. The third-order valence-corrected chi connectivity index (χ3v) is 7.04. The maximum absolute atomic E-state index is 14.0. The van der Waals surface area contributed by atoms with Crippen LogP contribution in [0.4, 0.5) is 33.3 Å². The summed E-state index contributed by atoms with van der Waals surface area (Å²) in [5.41, 5.74) is -1.63. The highest BCUT2D eigenvalue weighted by molar-refractivity contribution is 7.22. The molecular weight excluding hydrogens is 549 g/mol. The van der Waals surface area contributed by atoms with Crippen molar-refractivity contribution in [3.8, 4) is 22.1 Å². The zero-order chi connectivity index (χ0) is 28.6. The summed E-state index contributed by atoms with van der Waals surface area (Å²) in [6.45, 7) is 7.08. The van der Waals surface area contributed by atoms with E-state index in [0.717, 1.165) is 17.4 Å². The first-order valence-electron chi connectivity index (χ1n) is 10.9. The minimum atomic E-state index is -5.02. The van der Waals surface area contributed by atoms with Crippen LogP contribution in [0.1, 0.15) is 17.6 Å². The van der Waals surface area contributed by atoms with Crippen LogP contribution in [0.2, 0.25) is 0 Å². The van der Waals surface area contributed by atoms with Crippen LogP contribution in [0, 0.1) is 6.92 Å². The fraction of sp³-hybridized carbons (Fsp3) is 0.208. The quantitative estimate of drug-likeness (QED) is 0.217. The van der Waals surface area contributed by atoms with E-state index >= 15 is 0 Å². The van der Waals surface area contributed by atoms with Crippen molar-refractivity contribution in [3.05, 3.63) is 62.4 Å². The summed E-state index contributed by atoms with van der Waals surface area (Å²) in [6.07, 6.45) is -9.76. The summed E-state index contributed by atoms with van der Waals surface area (Å²) in [5.74, 6) is -0.311. The second kappa shape index (κ2) is 10.5. The van der Waals surface area contributed by atoms with Gasteiger partial charge in [-0.1, -0.05) is 0 Å². The van der Waals surface area contributed by atoms with Crippen molar-refractivity contribution < 1.29 is 31.8 Å². The fourth-order valence-corrected chi connectivity index (χ4v) is 5.06. The standard InChI is InChI=1S/C24H18F5N5O4S/c1-10-17-20(36)33-23(37)34(9-16(35)24(27,28)29)22(17)39-18(10)11-6-13(19(25)26)21(32-8-11)38-12-4-5-14(30-2)15(7-12)31-3/h4-8,16,19,35H,2-3,9H2,1H3,(H,33,36,37)/t16-/m1/s1. The molecule has 0 radical (unpaired) electrons. The van der Waals surface area contributed by atoms with Gasteiger partial charge in [-0.25, -0.2) is 18.6 Å². The van der Waals surface area contributed by atoms with Crippen LogP contribution in [0.25, 0.3) is 20.7 Å². The number of aliphatic hydroxyl groups excluding tert-OH is 1. The Bertz CT molecular complexity index is 1710. The number of hydrogen-bond donors (Lipinski definition) is 2. The molecular formula is C24H18F5N5O4S. The third-order valence-electron chi connectivity index (χ3n) is 5.68. The largest absolute Gasteiger partial charge is 0.438 e. The Labute approximate surface area is 219 Å². The number of halogens is 5. The lowest BCUT2D eigenvalue weighted by Gasteiger charge is -2.15.